The topological polar surface area (TPSA) is 56.9 Å². The largest absolute Gasteiger partial charge is 0.385 e. The third-order valence-electron chi connectivity index (χ3n) is 3.45. The van der Waals surface area contributed by atoms with Crippen molar-refractivity contribution in [3.63, 3.8) is 0 Å². The first-order valence-electron chi connectivity index (χ1n) is 6.90. The normalized spacial score (nSPS) is 14.5. The molecule has 0 aliphatic carbocycles. The maximum Gasteiger partial charge on any atom is 0.0991 e. The second kappa shape index (κ2) is 5.59. The van der Waals surface area contributed by atoms with Gasteiger partial charge in [0.05, 0.1) is 27.9 Å². The molecule has 0 fully saturated rings. The van der Waals surface area contributed by atoms with E-state index in [0.717, 1.165) is 16.3 Å². The zero-order chi connectivity index (χ0) is 15.7. The minimum atomic E-state index is -0.985. The van der Waals surface area contributed by atoms with Crippen LogP contribution in [0.4, 0.5) is 0 Å². The Morgan fingerprint density at radius 1 is 1.19 bits per heavy atom. The summed E-state index contributed by atoms with van der Waals surface area (Å²) in [6.07, 6.45) is 0.472. The molecular weight excluding hydrogens is 280 g/mol. The highest BCUT2D eigenvalue weighted by atomic mass is 32.1. The fraction of sp³-hybridized carbons (Fsp3) is 0.412. The summed E-state index contributed by atoms with van der Waals surface area (Å²) in [5.74, 6) is 0. The van der Waals surface area contributed by atoms with Gasteiger partial charge >= 0.3 is 0 Å². The van der Waals surface area contributed by atoms with Crippen LogP contribution in [0.2, 0.25) is 0 Å². The van der Waals surface area contributed by atoms with Gasteiger partial charge in [-0.3, -0.25) is 0 Å². The molecule has 1 atom stereocenters. The molecule has 0 aliphatic heterocycles. The molecule has 0 amide bonds. The van der Waals surface area contributed by atoms with Crippen molar-refractivity contribution in [2.24, 2.45) is 0 Å². The second-order valence-electron chi connectivity index (χ2n) is 6.52. The summed E-state index contributed by atoms with van der Waals surface area (Å²) in [4.78, 5) is 4.63. The molecule has 2 aromatic rings. The highest BCUT2D eigenvalue weighted by Crippen LogP contribution is 2.29. The van der Waals surface area contributed by atoms with Crippen LogP contribution in [0.15, 0.2) is 29.6 Å². The lowest BCUT2D eigenvalue weighted by atomic mass is 9.91. The number of benzene rings is 1. The van der Waals surface area contributed by atoms with Crippen LogP contribution in [0.1, 0.15) is 49.5 Å². The van der Waals surface area contributed by atoms with Gasteiger partial charge in [0.2, 0.25) is 0 Å². The van der Waals surface area contributed by atoms with Crippen LogP contribution >= 0.6 is 11.3 Å². The van der Waals surface area contributed by atoms with Gasteiger partial charge in [0.25, 0.3) is 0 Å². The van der Waals surface area contributed by atoms with Crippen molar-refractivity contribution >= 4 is 11.3 Å². The van der Waals surface area contributed by atoms with E-state index < -0.39 is 5.60 Å². The second-order valence-corrected chi connectivity index (χ2v) is 7.46. The van der Waals surface area contributed by atoms with Gasteiger partial charge in [-0.1, -0.05) is 32.9 Å². The average Bonchev–Trinajstić information content (AvgIpc) is 2.86. The Hall–Kier alpha value is -1.70. The summed E-state index contributed by atoms with van der Waals surface area (Å²) in [6.45, 7) is 8.17. The smallest absolute Gasteiger partial charge is 0.0991 e. The SMILES string of the molecule is CC(C)(C)c1csc(CC(C)(O)c2ccc(C#N)cc2)n1. The molecule has 3 nitrogen and oxygen atoms in total. The summed E-state index contributed by atoms with van der Waals surface area (Å²) < 4.78 is 0. The number of rotatable bonds is 3. The number of nitriles is 1. The highest BCUT2D eigenvalue weighted by molar-refractivity contribution is 7.09. The number of hydrogen-bond acceptors (Lipinski definition) is 4. The predicted octanol–water partition coefficient (Wildman–Crippen LogP) is 3.76. The fourth-order valence-corrected chi connectivity index (χ4v) is 3.21. The quantitative estimate of drug-likeness (QED) is 0.939. The van der Waals surface area contributed by atoms with Gasteiger partial charge in [-0.15, -0.1) is 11.3 Å². The van der Waals surface area contributed by atoms with Crippen LogP contribution in [0.25, 0.3) is 0 Å². The number of aromatic nitrogens is 1. The van der Waals surface area contributed by atoms with Crippen LogP contribution in [-0.2, 0) is 17.4 Å². The molecule has 0 saturated carbocycles. The number of thiazole rings is 1. The predicted molar refractivity (Wildman–Crippen MR) is 85.2 cm³/mol. The Bertz CT molecular complexity index is 657. The lowest BCUT2D eigenvalue weighted by Crippen LogP contribution is -2.24. The van der Waals surface area contributed by atoms with Crippen LogP contribution in [-0.4, -0.2) is 10.1 Å². The molecular formula is C17H20N2OS. The number of nitrogens with zero attached hydrogens (tertiary/aromatic N) is 2. The van der Waals surface area contributed by atoms with Crippen molar-refractivity contribution in [2.75, 3.05) is 0 Å². The summed E-state index contributed by atoms with van der Waals surface area (Å²) in [7, 11) is 0. The van der Waals surface area contributed by atoms with Gasteiger partial charge in [0.15, 0.2) is 0 Å². The van der Waals surface area contributed by atoms with Crippen molar-refractivity contribution in [1.29, 1.82) is 5.26 Å². The molecule has 0 spiro atoms. The Morgan fingerprint density at radius 3 is 2.29 bits per heavy atom. The molecule has 21 heavy (non-hydrogen) atoms. The zero-order valence-corrected chi connectivity index (χ0v) is 13.7. The van der Waals surface area contributed by atoms with E-state index in [9.17, 15) is 5.11 Å². The van der Waals surface area contributed by atoms with E-state index in [1.807, 2.05) is 0 Å². The van der Waals surface area contributed by atoms with Crippen LogP contribution < -0.4 is 0 Å². The molecule has 110 valence electrons. The summed E-state index contributed by atoms with van der Waals surface area (Å²) in [5.41, 5.74) is 1.49. The van der Waals surface area contributed by atoms with Gasteiger partial charge in [0, 0.05) is 17.2 Å². The minimum absolute atomic E-state index is 0.0229. The van der Waals surface area contributed by atoms with E-state index >= 15 is 0 Å². The third kappa shape index (κ3) is 3.69. The Morgan fingerprint density at radius 2 is 1.81 bits per heavy atom. The van der Waals surface area contributed by atoms with Gasteiger partial charge in [-0.25, -0.2) is 4.98 Å². The molecule has 4 heteroatoms. The molecule has 1 aromatic heterocycles. The van der Waals surface area contributed by atoms with Crippen LogP contribution in [0, 0.1) is 11.3 Å². The standard InChI is InChI=1S/C17H20N2OS/c1-16(2,3)14-11-21-15(19-14)9-17(4,20)13-7-5-12(10-18)6-8-13/h5-8,11,20H,9H2,1-4H3. The van der Waals surface area contributed by atoms with Crippen LogP contribution in [0.5, 0.6) is 0 Å². The van der Waals surface area contributed by atoms with E-state index in [1.54, 1.807) is 42.5 Å². The summed E-state index contributed by atoms with van der Waals surface area (Å²) in [6, 6.07) is 9.14. The van der Waals surface area contributed by atoms with Crippen LogP contribution in [0.3, 0.4) is 0 Å². The van der Waals surface area contributed by atoms with E-state index in [1.165, 1.54) is 0 Å². The molecule has 2 rings (SSSR count). The van der Waals surface area contributed by atoms with E-state index in [-0.39, 0.29) is 5.41 Å². The summed E-state index contributed by atoms with van der Waals surface area (Å²) in [5, 5.41) is 22.5. The Labute approximate surface area is 129 Å². The average molecular weight is 300 g/mol. The Balaban J connectivity index is 2.20. The van der Waals surface area contributed by atoms with Crippen molar-refractivity contribution < 1.29 is 5.11 Å². The molecule has 0 aliphatic rings. The molecule has 0 saturated heterocycles. The van der Waals surface area contributed by atoms with Gasteiger partial charge in [-0.05, 0) is 24.6 Å². The number of aliphatic hydroxyl groups is 1. The molecule has 1 heterocycles. The molecule has 0 bridgehead atoms. The Kier molecular flexibility index (Phi) is 4.18. The van der Waals surface area contributed by atoms with Gasteiger partial charge in [-0.2, -0.15) is 5.26 Å². The first kappa shape index (κ1) is 15.7. The first-order valence-corrected chi connectivity index (χ1v) is 7.78. The minimum Gasteiger partial charge on any atom is -0.385 e. The highest BCUT2D eigenvalue weighted by Gasteiger charge is 2.26. The first-order chi connectivity index (χ1) is 9.72. The molecule has 1 unspecified atom stereocenters. The molecule has 1 aromatic carbocycles. The maximum absolute atomic E-state index is 10.7. The van der Waals surface area contributed by atoms with E-state index in [0.29, 0.717) is 12.0 Å². The monoisotopic (exact) mass is 300 g/mol. The molecule has 1 N–H and O–H groups in total. The molecule has 0 radical (unpaired) electrons. The fourth-order valence-electron chi connectivity index (χ4n) is 2.04. The third-order valence-corrected chi connectivity index (χ3v) is 4.30. The van der Waals surface area contributed by atoms with Crippen molar-refractivity contribution in [2.45, 2.75) is 45.1 Å². The van der Waals surface area contributed by atoms with Crippen molar-refractivity contribution in [1.82, 2.24) is 4.98 Å². The van der Waals surface area contributed by atoms with E-state index in [4.69, 9.17) is 5.26 Å². The van der Waals surface area contributed by atoms with Crippen molar-refractivity contribution in [3.05, 3.63) is 51.5 Å². The summed E-state index contributed by atoms with van der Waals surface area (Å²) >= 11 is 1.58. The maximum atomic E-state index is 10.7. The number of hydrogen-bond donors (Lipinski definition) is 1. The zero-order valence-electron chi connectivity index (χ0n) is 12.8. The van der Waals surface area contributed by atoms with Crippen molar-refractivity contribution in [3.8, 4) is 6.07 Å². The lowest BCUT2D eigenvalue weighted by Gasteiger charge is -2.23. The van der Waals surface area contributed by atoms with Gasteiger partial charge in [0.1, 0.15) is 0 Å². The van der Waals surface area contributed by atoms with E-state index in [2.05, 4.69) is 37.2 Å². The van der Waals surface area contributed by atoms with Gasteiger partial charge < -0.3 is 5.11 Å². The lowest BCUT2D eigenvalue weighted by molar-refractivity contribution is 0.0575.